The van der Waals surface area contributed by atoms with E-state index < -0.39 is 0 Å². The van der Waals surface area contributed by atoms with Crippen molar-refractivity contribution in [1.29, 1.82) is 0 Å². The van der Waals surface area contributed by atoms with Gasteiger partial charge in [-0.15, -0.1) is 0 Å². The number of hydrogen-bond acceptors (Lipinski definition) is 4. The highest BCUT2D eigenvalue weighted by molar-refractivity contribution is 7.22. The van der Waals surface area contributed by atoms with Crippen LogP contribution in [0.1, 0.15) is 12.5 Å². The average Bonchev–Trinajstić information content (AvgIpc) is 2.53. The summed E-state index contributed by atoms with van der Waals surface area (Å²) >= 11 is 1.45. The van der Waals surface area contributed by atoms with E-state index >= 15 is 0 Å². The molecule has 0 spiro atoms. The Morgan fingerprint density at radius 1 is 1.60 bits per heavy atom. The molecule has 0 bridgehead atoms. The first kappa shape index (κ1) is 9.92. The van der Waals surface area contributed by atoms with Crippen molar-refractivity contribution >= 4 is 32.6 Å². The number of nitrogens with one attached hydrogen (secondary N) is 1. The molecule has 1 aromatic heterocycles. The first-order valence-corrected chi connectivity index (χ1v) is 5.36. The second kappa shape index (κ2) is 3.86. The summed E-state index contributed by atoms with van der Waals surface area (Å²) in [6, 6.07) is 5.86. The number of nitrogens with two attached hydrogens (primary N) is 1. The van der Waals surface area contributed by atoms with Gasteiger partial charge < -0.3 is 11.1 Å². The summed E-state index contributed by atoms with van der Waals surface area (Å²) in [5.41, 5.74) is 7.56. The summed E-state index contributed by atoms with van der Waals surface area (Å²) < 4.78 is 1.05. The molecule has 0 aliphatic rings. The SMILES string of the molecule is CC(=O)NCc1ccc2nc(N)sc2c1. The van der Waals surface area contributed by atoms with Gasteiger partial charge in [-0.05, 0) is 17.7 Å². The van der Waals surface area contributed by atoms with E-state index in [0.717, 1.165) is 15.8 Å². The third kappa shape index (κ3) is 2.24. The lowest BCUT2D eigenvalue weighted by Gasteiger charge is -2.01. The van der Waals surface area contributed by atoms with E-state index in [1.807, 2.05) is 18.2 Å². The number of anilines is 1. The van der Waals surface area contributed by atoms with Crippen molar-refractivity contribution in [1.82, 2.24) is 10.3 Å². The Hall–Kier alpha value is -1.62. The van der Waals surface area contributed by atoms with Gasteiger partial charge in [0.25, 0.3) is 0 Å². The van der Waals surface area contributed by atoms with Crippen LogP contribution in [0.3, 0.4) is 0 Å². The van der Waals surface area contributed by atoms with Crippen LogP contribution < -0.4 is 11.1 Å². The standard InChI is InChI=1S/C10H11N3OS/c1-6(14)12-5-7-2-3-8-9(4-7)15-10(11)13-8/h2-4H,5H2,1H3,(H2,11,13)(H,12,14). The normalized spacial score (nSPS) is 10.5. The number of thiazole rings is 1. The van der Waals surface area contributed by atoms with Crippen molar-refractivity contribution in [2.45, 2.75) is 13.5 Å². The number of benzene rings is 1. The smallest absolute Gasteiger partial charge is 0.217 e. The van der Waals surface area contributed by atoms with E-state index in [9.17, 15) is 4.79 Å². The molecule has 0 saturated carbocycles. The summed E-state index contributed by atoms with van der Waals surface area (Å²) in [5, 5.41) is 3.32. The van der Waals surface area contributed by atoms with Crippen LogP contribution in [0.4, 0.5) is 5.13 Å². The van der Waals surface area contributed by atoms with Crippen molar-refractivity contribution in [3.63, 3.8) is 0 Å². The van der Waals surface area contributed by atoms with E-state index in [0.29, 0.717) is 11.7 Å². The van der Waals surface area contributed by atoms with Gasteiger partial charge in [0.05, 0.1) is 10.2 Å². The third-order valence-electron chi connectivity index (χ3n) is 2.01. The van der Waals surface area contributed by atoms with Crippen LogP contribution in [0.25, 0.3) is 10.2 Å². The number of hydrogen-bond donors (Lipinski definition) is 2. The predicted molar refractivity (Wildman–Crippen MR) is 61.6 cm³/mol. The largest absolute Gasteiger partial charge is 0.375 e. The van der Waals surface area contributed by atoms with E-state index in [1.54, 1.807) is 0 Å². The first-order valence-electron chi connectivity index (χ1n) is 4.54. The Morgan fingerprint density at radius 3 is 3.13 bits per heavy atom. The van der Waals surface area contributed by atoms with Gasteiger partial charge in [0.1, 0.15) is 0 Å². The highest BCUT2D eigenvalue weighted by Crippen LogP contribution is 2.24. The molecule has 1 amide bonds. The van der Waals surface area contributed by atoms with Gasteiger partial charge in [-0.1, -0.05) is 17.4 Å². The lowest BCUT2D eigenvalue weighted by atomic mass is 10.2. The quantitative estimate of drug-likeness (QED) is 0.807. The number of fused-ring (bicyclic) bond motifs is 1. The van der Waals surface area contributed by atoms with Crippen LogP contribution in [0, 0.1) is 0 Å². The molecule has 78 valence electrons. The van der Waals surface area contributed by atoms with Gasteiger partial charge in [-0.2, -0.15) is 0 Å². The number of carbonyl (C=O) groups is 1. The van der Waals surface area contributed by atoms with E-state index in [2.05, 4.69) is 10.3 Å². The maximum atomic E-state index is 10.7. The Labute approximate surface area is 91.1 Å². The molecule has 2 rings (SSSR count). The highest BCUT2D eigenvalue weighted by Gasteiger charge is 2.02. The number of aromatic nitrogens is 1. The molecule has 5 heteroatoms. The monoisotopic (exact) mass is 221 g/mol. The fourth-order valence-corrected chi connectivity index (χ4v) is 2.12. The molecule has 0 saturated heterocycles. The molecule has 0 atom stereocenters. The second-order valence-corrected chi connectivity index (χ2v) is 4.33. The van der Waals surface area contributed by atoms with Crippen molar-refractivity contribution in [2.75, 3.05) is 5.73 Å². The van der Waals surface area contributed by atoms with Crippen LogP contribution in [0.5, 0.6) is 0 Å². The molecule has 0 fully saturated rings. The van der Waals surface area contributed by atoms with Gasteiger partial charge in [0.15, 0.2) is 5.13 Å². The molecule has 15 heavy (non-hydrogen) atoms. The van der Waals surface area contributed by atoms with Crippen LogP contribution in [0.15, 0.2) is 18.2 Å². The van der Waals surface area contributed by atoms with E-state index in [-0.39, 0.29) is 5.91 Å². The number of nitrogens with zero attached hydrogens (tertiary/aromatic N) is 1. The maximum Gasteiger partial charge on any atom is 0.217 e. The zero-order valence-electron chi connectivity index (χ0n) is 8.28. The summed E-state index contributed by atoms with van der Waals surface area (Å²) in [4.78, 5) is 14.9. The van der Waals surface area contributed by atoms with E-state index in [4.69, 9.17) is 5.73 Å². The number of amides is 1. The predicted octanol–water partition coefficient (Wildman–Crippen LogP) is 1.51. The van der Waals surface area contributed by atoms with Crippen molar-refractivity contribution in [2.24, 2.45) is 0 Å². The molecule has 0 aliphatic heterocycles. The molecule has 3 N–H and O–H groups in total. The molecule has 4 nitrogen and oxygen atoms in total. The molecule has 1 aromatic carbocycles. The highest BCUT2D eigenvalue weighted by atomic mass is 32.1. The average molecular weight is 221 g/mol. The second-order valence-electron chi connectivity index (χ2n) is 3.26. The van der Waals surface area contributed by atoms with Gasteiger partial charge >= 0.3 is 0 Å². The van der Waals surface area contributed by atoms with Gasteiger partial charge in [0, 0.05) is 13.5 Å². The van der Waals surface area contributed by atoms with Crippen molar-refractivity contribution in [3.8, 4) is 0 Å². The lowest BCUT2D eigenvalue weighted by Crippen LogP contribution is -2.18. The zero-order chi connectivity index (χ0) is 10.8. The number of nitrogen functional groups attached to an aromatic ring is 1. The van der Waals surface area contributed by atoms with Crippen molar-refractivity contribution < 1.29 is 4.79 Å². The van der Waals surface area contributed by atoms with Crippen LogP contribution >= 0.6 is 11.3 Å². The lowest BCUT2D eigenvalue weighted by molar-refractivity contribution is -0.119. The first-order chi connectivity index (χ1) is 7.15. The zero-order valence-corrected chi connectivity index (χ0v) is 9.10. The Bertz CT molecular complexity index is 506. The van der Waals surface area contributed by atoms with Gasteiger partial charge in [-0.3, -0.25) is 4.79 Å². The number of carbonyl (C=O) groups excluding carboxylic acids is 1. The van der Waals surface area contributed by atoms with Crippen LogP contribution in [-0.2, 0) is 11.3 Å². The molecular weight excluding hydrogens is 210 g/mol. The molecule has 0 unspecified atom stereocenters. The summed E-state index contributed by atoms with van der Waals surface area (Å²) in [7, 11) is 0. The fourth-order valence-electron chi connectivity index (χ4n) is 1.32. The Balaban J connectivity index is 2.26. The van der Waals surface area contributed by atoms with E-state index in [1.165, 1.54) is 18.3 Å². The minimum atomic E-state index is -0.0288. The van der Waals surface area contributed by atoms with Gasteiger partial charge in [-0.25, -0.2) is 4.98 Å². The summed E-state index contributed by atoms with van der Waals surface area (Å²) in [6.45, 7) is 2.05. The van der Waals surface area contributed by atoms with Crippen LogP contribution in [0.2, 0.25) is 0 Å². The third-order valence-corrected chi connectivity index (χ3v) is 2.86. The summed E-state index contributed by atoms with van der Waals surface area (Å²) in [5.74, 6) is -0.0288. The van der Waals surface area contributed by atoms with Crippen LogP contribution in [-0.4, -0.2) is 10.9 Å². The fraction of sp³-hybridized carbons (Fsp3) is 0.200. The van der Waals surface area contributed by atoms with Crippen molar-refractivity contribution in [3.05, 3.63) is 23.8 Å². The molecular formula is C10H11N3OS. The molecule has 0 aliphatic carbocycles. The maximum absolute atomic E-state index is 10.7. The summed E-state index contributed by atoms with van der Waals surface area (Å²) in [6.07, 6.45) is 0. The topological polar surface area (TPSA) is 68.0 Å². The minimum absolute atomic E-state index is 0.0288. The Morgan fingerprint density at radius 2 is 2.40 bits per heavy atom. The molecule has 2 aromatic rings. The molecule has 0 radical (unpaired) electrons. The molecule has 1 heterocycles. The number of rotatable bonds is 2. The minimum Gasteiger partial charge on any atom is -0.375 e. The Kier molecular flexibility index (Phi) is 2.55. The van der Waals surface area contributed by atoms with Gasteiger partial charge in [0.2, 0.25) is 5.91 Å².